The first-order valence-corrected chi connectivity index (χ1v) is 22.1. The normalized spacial score (nSPS) is 11.5. The molecule has 2 heteroatoms. The lowest BCUT2D eigenvalue weighted by Gasteiger charge is -2.26. The van der Waals surface area contributed by atoms with E-state index in [0.717, 1.165) is 17.1 Å². The van der Waals surface area contributed by atoms with Crippen LogP contribution in [0.2, 0.25) is 0 Å². The highest BCUT2D eigenvalue weighted by molar-refractivity contribution is 7.26. The molecule has 0 N–H and O–H groups in total. The van der Waals surface area contributed by atoms with Crippen LogP contribution in [0.25, 0.3) is 97.0 Å². The van der Waals surface area contributed by atoms with Gasteiger partial charge < -0.3 is 4.90 Å². The largest absolute Gasteiger partial charge is 0.310 e. The highest BCUT2D eigenvalue weighted by Crippen LogP contribution is 2.43. The number of anilines is 3. The summed E-state index contributed by atoms with van der Waals surface area (Å²) in [5.74, 6) is 0. The fourth-order valence-electron chi connectivity index (χ4n) is 9.46. The van der Waals surface area contributed by atoms with Gasteiger partial charge in [0.15, 0.2) is 0 Å². The molecule has 0 saturated carbocycles. The van der Waals surface area contributed by atoms with Crippen LogP contribution in [0.4, 0.5) is 17.1 Å². The van der Waals surface area contributed by atoms with E-state index in [0.29, 0.717) is 0 Å². The monoisotopic (exact) mass is 805 g/mol. The Morgan fingerprint density at radius 3 is 1.58 bits per heavy atom. The van der Waals surface area contributed by atoms with Gasteiger partial charge >= 0.3 is 0 Å². The average Bonchev–Trinajstić information content (AvgIpc) is 3.73. The van der Waals surface area contributed by atoms with Crippen molar-refractivity contribution in [2.24, 2.45) is 0 Å². The predicted molar refractivity (Wildman–Crippen MR) is 268 cm³/mol. The van der Waals surface area contributed by atoms with Gasteiger partial charge in [-0.3, -0.25) is 0 Å². The molecule has 12 aromatic rings. The molecule has 1 aromatic heterocycles. The molecule has 0 spiro atoms. The molecule has 11 aromatic carbocycles. The van der Waals surface area contributed by atoms with Gasteiger partial charge in [0, 0.05) is 37.2 Å². The second-order valence-electron chi connectivity index (χ2n) is 16.1. The molecule has 0 amide bonds. The Morgan fingerprint density at radius 1 is 0.258 bits per heavy atom. The molecule has 290 valence electrons. The number of thiophene rings is 1. The molecule has 0 radical (unpaired) electrons. The maximum absolute atomic E-state index is 2.39. The van der Waals surface area contributed by atoms with Gasteiger partial charge in [0.05, 0.1) is 0 Å². The molecule has 1 nitrogen and oxygen atoms in total. The number of benzene rings is 11. The molecule has 0 atom stereocenters. The van der Waals surface area contributed by atoms with Crippen molar-refractivity contribution >= 4 is 80.9 Å². The molecular weight excluding hydrogens is 767 g/mol. The van der Waals surface area contributed by atoms with E-state index in [1.54, 1.807) is 0 Å². The van der Waals surface area contributed by atoms with Crippen molar-refractivity contribution in [3.8, 4) is 44.5 Å². The van der Waals surface area contributed by atoms with Crippen LogP contribution in [0.15, 0.2) is 237 Å². The number of fused-ring (bicyclic) bond motifs is 7. The summed E-state index contributed by atoms with van der Waals surface area (Å²) in [5, 5.41) is 10.2. The Bertz CT molecular complexity index is 3630. The Morgan fingerprint density at radius 2 is 0.790 bits per heavy atom. The van der Waals surface area contributed by atoms with Crippen LogP contribution < -0.4 is 4.90 Å². The summed E-state index contributed by atoms with van der Waals surface area (Å²) < 4.78 is 2.65. The van der Waals surface area contributed by atoms with Crippen LogP contribution in [0.3, 0.4) is 0 Å². The van der Waals surface area contributed by atoms with Crippen molar-refractivity contribution in [1.29, 1.82) is 0 Å². The van der Waals surface area contributed by atoms with Crippen molar-refractivity contribution < 1.29 is 0 Å². The van der Waals surface area contributed by atoms with E-state index < -0.39 is 0 Å². The minimum Gasteiger partial charge on any atom is -0.310 e. The van der Waals surface area contributed by atoms with E-state index in [1.165, 1.54) is 97.0 Å². The second kappa shape index (κ2) is 15.0. The van der Waals surface area contributed by atoms with E-state index in [1.807, 2.05) is 11.3 Å². The standard InChI is InChI=1S/C60H39NS/c1-3-20-50-40(13-1)15-11-25-51(50)45-18-9-16-43(37-45)44-17-10-19-49(38-44)61(47-33-29-41(30-34-47)53-26-12-27-57-56-24-7-8-28-59(56)62-60(53)57)48-35-31-42(32-36-48)58-39-46-14-2-4-21-52(46)54-22-5-6-23-55(54)58/h1-39H. The summed E-state index contributed by atoms with van der Waals surface area (Å²) in [6, 6.07) is 86.7. The topological polar surface area (TPSA) is 3.24 Å². The maximum Gasteiger partial charge on any atom is 0.0467 e. The first-order chi connectivity index (χ1) is 30.7. The number of nitrogens with zero attached hydrogens (tertiary/aromatic N) is 1. The summed E-state index contributed by atoms with van der Waals surface area (Å²) in [7, 11) is 0. The van der Waals surface area contributed by atoms with Crippen molar-refractivity contribution in [2.75, 3.05) is 4.90 Å². The van der Waals surface area contributed by atoms with Crippen LogP contribution in [-0.4, -0.2) is 0 Å². The molecule has 0 bridgehead atoms. The Balaban J connectivity index is 0.971. The minimum atomic E-state index is 1.10. The van der Waals surface area contributed by atoms with E-state index in [9.17, 15) is 0 Å². The summed E-state index contributed by atoms with van der Waals surface area (Å²) in [6.45, 7) is 0. The zero-order valence-electron chi connectivity index (χ0n) is 33.9. The smallest absolute Gasteiger partial charge is 0.0467 e. The third-order valence-electron chi connectivity index (χ3n) is 12.4. The molecule has 0 aliphatic heterocycles. The lowest BCUT2D eigenvalue weighted by atomic mass is 9.93. The molecule has 0 aliphatic rings. The molecule has 62 heavy (non-hydrogen) atoms. The number of hydrogen-bond acceptors (Lipinski definition) is 2. The Hall–Kier alpha value is -7.78. The summed E-state index contributed by atoms with van der Waals surface area (Å²) in [5.41, 5.74) is 13.0. The molecule has 1 heterocycles. The highest BCUT2D eigenvalue weighted by Gasteiger charge is 2.17. The van der Waals surface area contributed by atoms with Crippen molar-refractivity contribution in [3.05, 3.63) is 237 Å². The third-order valence-corrected chi connectivity index (χ3v) is 13.7. The lowest BCUT2D eigenvalue weighted by Crippen LogP contribution is -2.10. The van der Waals surface area contributed by atoms with Crippen molar-refractivity contribution in [3.63, 3.8) is 0 Å². The van der Waals surface area contributed by atoms with Gasteiger partial charge in [-0.15, -0.1) is 11.3 Å². The lowest BCUT2D eigenvalue weighted by molar-refractivity contribution is 1.28. The molecule has 12 rings (SSSR count). The zero-order chi connectivity index (χ0) is 41.0. The maximum atomic E-state index is 2.39. The first-order valence-electron chi connectivity index (χ1n) is 21.2. The van der Waals surface area contributed by atoms with Gasteiger partial charge in [-0.25, -0.2) is 0 Å². The first kappa shape index (κ1) is 36.1. The van der Waals surface area contributed by atoms with Crippen LogP contribution in [0.5, 0.6) is 0 Å². The average molecular weight is 806 g/mol. The van der Waals surface area contributed by atoms with Crippen LogP contribution in [-0.2, 0) is 0 Å². The second-order valence-corrected chi connectivity index (χ2v) is 17.1. The van der Waals surface area contributed by atoms with Gasteiger partial charge in [0.25, 0.3) is 0 Å². The molecule has 0 unspecified atom stereocenters. The van der Waals surface area contributed by atoms with Crippen LogP contribution in [0.1, 0.15) is 0 Å². The quantitative estimate of drug-likeness (QED) is 0.145. The fraction of sp³-hybridized carbons (Fsp3) is 0. The van der Waals surface area contributed by atoms with E-state index in [-0.39, 0.29) is 0 Å². The van der Waals surface area contributed by atoms with E-state index in [4.69, 9.17) is 0 Å². The van der Waals surface area contributed by atoms with Crippen molar-refractivity contribution in [1.82, 2.24) is 0 Å². The summed E-state index contributed by atoms with van der Waals surface area (Å²) >= 11 is 1.88. The van der Waals surface area contributed by atoms with Crippen LogP contribution >= 0.6 is 11.3 Å². The SMILES string of the molecule is c1cc(-c2cccc(N(c3ccc(-c4cc5ccccc5c5ccccc45)cc3)c3ccc(-c4cccc5c4sc4ccccc45)cc3)c2)cc(-c2cccc3ccccc23)c1. The molecular formula is C60H39NS. The van der Waals surface area contributed by atoms with Gasteiger partial charge in [-0.1, -0.05) is 182 Å². The molecule has 0 saturated heterocycles. The Labute approximate surface area is 365 Å². The zero-order valence-corrected chi connectivity index (χ0v) is 34.7. The summed E-state index contributed by atoms with van der Waals surface area (Å²) in [4.78, 5) is 2.39. The third kappa shape index (κ3) is 6.24. The van der Waals surface area contributed by atoms with E-state index >= 15 is 0 Å². The number of hydrogen-bond donors (Lipinski definition) is 0. The number of rotatable bonds is 7. The van der Waals surface area contributed by atoms with Crippen LogP contribution in [0, 0.1) is 0 Å². The predicted octanol–water partition coefficient (Wildman–Crippen LogP) is 17.7. The van der Waals surface area contributed by atoms with Crippen molar-refractivity contribution in [2.45, 2.75) is 0 Å². The van der Waals surface area contributed by atoms with Gasteiger partial charge in [-0.05, 0) is 131 Å². The van der Waals surface area contributed by atoms with Gasteiger partial charge in [0.1, 0.15) is 0 Å². The Kier molecular flexibility index (Phi) is 8.76. The molecule has 0 aliphatic carbocycles. The molecule has 0 fully saturated rings. The summed E-state index contributed by atoms with van der Waals surface area (Å²) in [6.07, 6.45) is 0. The minimum absolute atomic E-state index is 1.10. The fourth-order valence-corrected chi connectivity index (χ4v) is 10.7. The van der Waals surface area contributed by atoms with Gasteiger partial charge in [-0.2, -0.15) is 0 Å². The van der Waals surface area contributed by atoms with Gasteiger partial charge in [0.2, 0.25) is 0 Å². The van der Waals surface area contributed by atoms with E-state index in [2.05, 4.69) is 241 Å². The highest BCUT2D eigenvalue weighted by atomic mass is 32.1.